The minimum absolute atomic E-state index is 0.350. The third kappa shape index (κ3) is 1.57. The Bertz CT molecular complexity index is 354. The maximum absolute atomic E-state index is 11.1. The van der Waals surface area contributed by atoms with Crippen molar-refractivity contribution in [3.05, 3.63) is 21.0 Å². The molecular weight excluding hydrogens is 172 g/mol. The van der Waals surface area contributed by atoms with Gasteiger partial charge in [-0.3, -0.25) is 0 Å². The van der Waals surface area contributed by atoms with Crippen LogP contribution in [0.4, 0.5) is 0 Å². The Labute approximate surface area is 74.0 Å². The molecule has 1 aliphatic rings. The van der Waals surface area contributed by atoms with Gasteiger partial charge < -0.3 is 5.32 Å². The van der Waals surface area contributed by atoms with Gasteiger partial charge >= 0.3 is 11.4 Å². The molecule has 1 aliphatic heterocycles. The molecule has 72 valence electrons. The Hall–Kier alpha value is -1.30. The average Bonchev–Trinajstić information content (AvgIpc) is 2.70. The van der Waals surface area contributed by atoms with Gasteiger partial charge in [0.2, 0.25) is 0 Å². The van der Waals surface area contributed by atoms with Crippen LogP contribution in [-0.2, 0) is 6.54 Å². The van der Waals surface area contributed by atoms with Gasteiger partial charge in [0.15, 0.2) is 0 Å². The van der Waals surface area contributed by atoms with Crippen molar-refractivity contribution < 1.29 is 0 Å². The van der Waals surface area contributed by atoms with E-state index in [9.17, 15) is 9.59 Å². The van der Waals surface area contributed by atoms with Crippen molar-refractivity contribution in [2.45, 2.75) is 13.0 Å². The van der Waals surface area contributed by atoms with Gasteiger partial charge in [-0.2, -0.15) is 0 Å². The Kier molecular flexibility index (Phi) is 2.05. The number of aromatic nitrogens is 3. The first-order valence-corrected chi connectivity index (χ1v) is 4.35. The Morgan fingerprint density at radius 2 is 2.00 bits per heavy atom. The minimum Gasteiger partial charge on any atom is -0.316 e. The van der Waals surface area contributed by atoms with E-state index in [1.54, 1.807) is 0 Å². The van der Waals surface area contributed by atoms with Crippen LogP contribution >= 0.6 is 0 Å². The first-order valence-electron chi connectivity index (χ1n) is 4.35. The van der Waals surface area contributed by atoms with Crippen molar-refractivity contribution in [3.63, 3.8) is 0 Å². The fourth-order valence-electron chi connectivity index (χ4n) is 1.63. The lowest BCUT2D eigenvalue weighted by Gasteiger charge is -2.05. The molecule has 0 aromatic carbocycles. The van der Waals surface area contributed by atoms with Crippen LogP contribution in [0.5, 0.6) is 0 Å². The predicted molar refractivity (Wildman–Crippen MR) is 46.7 cm³/mol. The number of nitrogens with one attached hydrogen (secondary N) is 3. The van der Waals surface area contributed by atoms with E-state index in [0.717, 1.165) is 19.5 Å². The molecule has 2 heterocycles. The van der Waals surface area contributed by atoms with Crippen LogP contribution in [0.25, 0.3) is 0 Å². The molecule has 0 amide bonds. The molecule has 2 rings (SSSR count). The summed E-state index contributed by atoms with van der Waals surface area (Å²) in [7, 11) is 0. The topological polar surface area (TPSA) is 82.7 Å². The molecule has 3 N–H and O–H groups in total. The summed E-state index contributed by atoms with van der Waals surface area (Å²) in [4.78, 5) is 22.2. The van der Waals surface area contributed by atoms with Gasteiger partial charge in [-0.15, -0.1) is 0 Å². The van der Waals surface area contributed by atoms with Crippen LogP contribution in [0, 0.1) is 5.92 Å². The van der Waals surface area contributed by atoms with E-state index in [4.69, 9.17) is 0 Å². The summed E-state index contributed by atoms with van der Waals surface area (Å²) in [5.41, 5.74) is -0.700. The zero-order valence-electron chi connectivity index (χ0n) is 7.17. The van der Waals surface area contributed by atoms with Crippen molar-refractivity contribution in [1.82, 2.24) is 20.1 Å². The standard InChI is InChI=1S/C7H12N4O2/c12-6-9-10-7(13)11(6)4-5-1-2-8-3-5/h5,8H,1-4H2,(H,9,12)(H,10,13). The lowest BCUT2D eigenvalue weighted by atomic mass is 10.1. The lowest BCUT2D eigenvalue weighted by Crippen LogP contribution is -2.30. The minimum atomic E-state index is -0.350. The van der Waals surface area contributed by atoms with Gasteiger partial charge in [0.05, 0.1) is 0 Å². The van der Waals surface area contributed by atoms with Crippen molar-refractivity contribution in [3.8, 4) is 0 Å². The normalized spacial score (nSPS) is 22.3. The maximum atomic E-state index is 11.1. The quantitative estimate of drug-likeness (QED) is 0.521. The van der Waals surface area contributed by atoms with Gasteiger partial charge in [-0.05, 0) is 25.4 Å². The summed E-state index contributed by atoms with van der Waals surface area (Å²) in [6.45, 7) is 2.36. The largest absolute Gasteiger partial charge is 0.344 e. The molecule has 13 heavy (non-hydrogen) atoms. The lowest BCUT2D eigenvalue weighted by molar-refractivity contribution is 0.464. The Morgan fingerprint density at radius 3 is 2.54 bits per heavy atom. The molecule has 0 spiro atoms. The monoisotopic (exact) mass is 184 g/mol. The second-order valence-electron chi connectivity index (χ2n) is 3.33. The van der Waals surface area contributed by atoms with Crippen LogP contribution < -0.4 is 16.7 Å². The SMILES string of the molecule is O=c1[nH][nH]c(=O)n1CC1CCNC1. The number of nitrogens with zero attached hydrogens (tertiary/aromatic N) is 1. The average molecular weight is 184 g/mol. The van der Waals surface area contributed by atoms with Crippen LogP contribution in [0.15, 0.2) is 9.59 Å². The molecule has 0 bridgehead atoms. The van der Waals surface area contributed by atoms with E-state index in [1.807, 2.05) is 0 Å². The van der Waals surface area contributed by atoms with Crippen molar-refractivity contribution in [2.24, 2.45) is 5.92 Å². The predicted octanol–water partition coefficient (Wildman–Crippen LogP) is -1.53. The summed E-state index contributed by atoms with van der Waals surface area (Å²) in [5, 5.41) is 7.71. The van der Waals surface area contributed by atoms with E-state index in [2.05, 4.69) is 15.5 Å². The first-order chi connectivity index (χ1) is 6.27. The van der Waals surface area contributed by atoms with E-state index in [-0.39, 0.29) is 11.4 Å². The molecule has 6 nitrogen and oxygen atoms in total. The zero-order valence-corrected chi connectivity index (χ0v) is 7.17. The third-order valence-electron chi connectivity index (χ3n) is 2.37. The first kappa shape index (κ1) is 8.31. The molecular formula is C7H12N4O2. The van der Waals surface area contributed by atoms with Crippen molar-refractivity contribution in [2.75, 3.05) is 13.1 Å². The van der Waals surface area contributed by atoms with Gasteiger partial charge in [0.25, 0.3) is 0 Å². The molecule has 1 aromatic heterocycles. The highest BCUT2D eigenvalue weighted by Crippen LogP contribution is 2.07. The van der Waals surface area contributed by atoms with Crippen LogP contribution in [-0.4, -0.2) is 27.9 Å². The van der Waals surface area contributed by atoms with Crippen LogP contribution in [0.1, 0.15) is 6.42 Å². The number of rotatable bonds is 2. The summed E-state index contributed by atoms with van der Waals surface area (Å²) >= 11 is 0. The fourth-order valence-corrected chi connectivity index (χ4v) is 1.63. The molecule has 1 fully saturated rings. The highest BCUT2D eigenvalue weighted by molar-refractivity contribution is 4.74. The fraction of sp³-hybridized carbons (Fsp3) is 0.714. The van der Waals surface area contributed by atoms with Gasteiger partial charge in [0, 0.05) is 6.54 Å². The smallest absolute Gasteiger partial charge is 0.316 e. The third-order valence-corrected chi connectivity index (χ3v) is 2.37. The number of aromatic amines is 2. The van der Waals surface area contributed by atoms with Gasteiger partial charge in [-0.25, -0.2) is 24.4 Å². The number of H-pyrrole nitrogens is 2. The summed E-state index contributed by atoms with van der Waals surface area (Å²) in [6, 6.07) is 0. The number of hydrogen-bond acceptors (Lipinski definition) is 3. The highest BCUT2D eigenvalue weighted by Gasteiger charge is 2.16. The van der Waals surface area contributed by atoms with Crippen LogP contribution in [0.2, 0.25) is 0 Å². The molecule has 1 unspecified atom stereocenters. The van der Waals surface area contributed by atoms with E-state index < -0.39 is 0 Å². The van der Waals surface area contributed by atoms with E-state index >= 15 is 0 Å². The molecule has 1 aromatic rings. The number of hydrogen-bond donors (Lipinski definition) is 3. The molecule has 6 heteroatoms. The summed E-state index contributed by atoms with van der Waals surface area (Å²) in [6.07, 6.45) is 1.02. The second kappa shape index (κ2) is 3.21. The zero-order chi connectivity index (χ0) is 9.26. The van der Waals surface area contributed by atoms with Gasteiger partial charge in [0.1, 0.15) is 0 Å². The summed E-state index contributed by atoms with van der Waals surface area (Å²) < 4.78 is 1.21. The Morgan fingerprint density at radius 1 is 1.31 bits per heavy atom. The molecule has 1 saturated heterocycles. The molecule has 1 atom stereocenters. The molecule has 0 radical (unpaired) electrons. The van der Waals surface area contributed by atoms with Crippen molar-refractivity contribution >= 4 is 0 Å². The summed E-state index contributed by atoms with van der Waals surface area (Å²) in [5.74, 6) is 0.398. The van der Waals surface area contributed by atoms with Crippen molar-refractivity contribution in [1.29, 1.82) is 0 Å². The Balaban J connectivity index is 2.17. The van der Waals surface area contributed by atoms with Gasteiger partial charge in [-0.1, -0.05) is 0 Å². The second-order valence-corrected chi connectivity index (χ2v) is 3.33. The van der Waals surface area contributed by atoms with Crippen LogP contribution in [0.3, 0.4) is 0 Å². The molecule has 0 aliphatic carbocycles. The van der Waals surface area contributed by atoms with E-state index in [0.29, 0.717) is 12.5 Å². The van der Waals surface area contributed by atoms with E-state index in [1.165, 1.54) is 4.57 Å². The maximum Gasteiger partial charge on any atom is 0.344 e. The highest BCUT2D eigenvalue weighted by atomic mass is 16.2. The molecule has 0 saturated carbocycles.